The van der Waals surface area contributed by atoms with Gasteiger partial charge >= 0.3 is 0 Å². The lowest BCUT2D eigenvalue weighted by molar-refractivity contribution is 0.102. The number of anilines is 2. The molecule has 0 bridgehead atoms. The Hall–Kier alpha value is -1.92. The number of nitrogen functional groups attached to an aromatic ring is 1. The van der Waals surface area contributed by atoms with Gasteiger partial charge in [0.15, 0.2) is 0 Å². The minimum absolute atomic E-state index is 0.275. The maximum absolute atomic E-state index is 12.1. The van der Waals surface area contributed by atoms with Gasteiger partial charge in [0.2, 0.25) is 0 Å². The van der Waals surface area contributed by atoms with Crippen LogP contribution in [0.3, 0.4) is 0 Å². The van der Waals surface area contributed by atoms with E-state index in [-0.39, 0.29) is 5.91 Å². The Morgan fingerprint density at radius 3 is 2.45 bits per heavy atom. The first-order valence-electron chi connectivity index (χ1n) is 6.02. The quantitative estimate of drug-likeness (QED) is 0.595. The van der Waals surface area contributed by atoms with Crippen molar-refractivity contribution in [3.63, 3.8) is 0 Å². The number of hydrazine groups is 1. The van der Waals surface area contributed by atoms with Crippen LogP contribution in [0.2, 0.25) is 0 Å². The van der Waals surface area contributed by atoms with E-state index in [2.05, 4.69) is 31.7 Å². The van der Waals surface area contributed by atoms with E-state index < -0.39 is 0 Å². The number of nitrogens with two attached hydrogens (primary N) is 1. The normalized spacial score (nSPS) is 10.2. The fourth-order valence-electron chi connectivity index (χ4n) is 1.86. The van der Waals surface area contributed by atoms with Gasteiger partial charge in [0.05, 0.1) is 5.69 Å². The van der Waals surface area contributed by atoms with E-state index in [9.17, 15) is 4.79 Å². The number of carbonyl (C=O) groups excluding carboxylic acids is 1. The smallest absolute Gasteiger partial charge is 0.274 e. The van der Waals surface area contributed by atoms with Crippen LogP contribution in [0.25, 0.3) is 0 Å². The highest BCUT2D eigenvalue weighted by atomic mass is 79.9. The molecule has 5 nitrogen and oxygen atoms in total. The van der Waals surface area contributed by atoms with Crippen molar-refractivity contribution < 1.29 is 4.79 Å². The summed E-state index contributed by atoms with van der Waals surface area (Å²) in [5.74, 6) is 5.04. The molecule has 0 aliphatic carbocycles. The number of halogens is 1. The van der Waals surface area contributed by atoms with Gasteiger partial charge in [-0.2, -0.15) is 0 Å². The Kier molecular flexibility index (Phi) is 4.36. The lowest BCUT2D eigenvalue weighted by Gasteiger charge is -2.10. The second kappa shape index (κ2) is 6.02. The van der Waals surface area contributed by atoms with E-state index in [1.165, 1.54) is 6.20 Å². The second-order valence-corrected chi connectivity index (χ2v) is 5.25. The van der Waals surface area contributed by atoms with Gasteiger partial charge < -0.3 is 10.7 Å². The van der Waals surface area contributed by atoms with E-state index in [4.69, 9.17) is 5.84 Å². The standard InChI is InChI=1S/C14H15BrN4O/c1-8-5-11(6-9(2)13(8)15)18-14(20)12-7-10(19-16)3-4-17-12/h3-7H,16H2,1-2H3,(H,17,19)(H,18,20). The molecule has 0 atom stereocenters. The Morgan fingerprint density at radius 2 is 1.85 bits per heavy atom. The maximum Gasteiger partial charge on any atom is 0.274 e. The lowest BCUT2D eigenvalue weighted by Crippen LogP contribution is -2.15. The van der Waals surface area contributed by atoms with E-state index in [1.807, 2.05) is 26.0 Å². The molecular formula is C14H15BrN4O. The van der Waals surface area contributed by atoms with Gasteiger partial charge in [-0.3, -0.25) is 15.6 Å². The molecule has 0 fully saturated rings. The van der Waals surface area contributed by atoms with E-state index in [1.54, 1.807) is 12.1 Å². The highest BCUT2D eigenvalue weighted by Crippen LogP contribution is 2.25. The number of benzene rings is 1. The van der Waals surface area contributed by atoms with Crippen LogP contribution in [0, 0.1) is 13.8 Å². The van der Waals surface area contributed by atoms with Crippen LogP contribution in [0.15, 0.2) is 34.9 Å². The molecule has 2 rings (SSSR count). The number of nitrogens with zero attached hydrogens (tertiary/aromatic N) is 1. The third-order valence-corrected chi connectivity index (χ3v) is 4.10. The van der Waals surface area contributed by atoms with Crippen molar-refractivity contribution in [2.24, 2.45) is 5.84 Å². The van der Waals surface area contributed by atoms with Crippen molar-refractivity contribution in [2.75, 3.05) is 10.7 Å². The van der Waals surface area contributed by atoms with Gasteiger partial charge in [-0.25, -0.2) is 0 Å². The predicted molar refractivity (Wildman–Crippen MR) is 83.6 cm³/mol. The largest absolute Gasteiger partial charge is 0.324 e. The molecule has 104 valence electrons. The summed E-state index contributed by atoms with van der Waals surface area (Å²) in [6.07, 6.45) is 1.53. The molecular weight excluding hydrogens is 320 g/mol. The number of hydrogen-bond donors (Lipinski definition) is 3. The third kappa shape index (κ3) is 3.15. The van der Waals surface area contributed by atoms with Crippen molar-refractivity contribution in [1.82, 2.24) is 4.98 Å². The number of rotatable bonds is 3. The Balaban J connectivity index is 2.23. The summed E-state index contributed by atoms with van der Waals surface area (Å²) in [6.45, 7) is 3.95. The van der Waals surface area contributed by atoms with Crippen molar-refractivity contribution in [3.8, 4) is 0 Å². The number of pyridine rings is 1. The maximum atomic E-state index is 12.1. The number of carbonyl (C=O) groups is 1. The fourth-order valence-corrected chi connectivity index (χ4v) is 2.09. The van der Waals surface area contributed by atoms with Crippen LogP contribution in [0.5, 0.6) is 0 Å². The van der Waals surface area contributed by atoms with Crippen LogP contribution in [0.4, 0.5) is 11.4 Å². The molecule has 2 aromatic rings. The summed E-state index contributed by atoms with van der Waals surface area (Å²) in [6, 6.07) is 7.08. The monoisotopic (exact) mass is 334 g/mol. The molecule has 1 aromatic carbocycles. The van der Waals surface area contributed by atoms with Crippen LogP contribution in [0.1, 0.15) is 21.6 Å². The summed E-state index contributed by atoms with van der Waals surface area (Å²) in [7, 11) is 0. The first-order valence-corrected chi connectivity index (χ1v) is 6.81. The average molecular weight is 335 g/mol. The summed E-state index contributed by atoms with van der Waals surface area (Å²) in [5, 5.41) is 2.83. The van der Waals surface area contributed by atoms with Crippen LogP contribution in [-0.4, -0.2) is 10.9 Å². The number of amides is 1. The lowest BCUT2D eigenvalue weighted by atomic mass is 10.1. The molecule has 0 saturated carbocycles. The predicted octanol–water partition coefficient (Wildman–Crippen LogP) is 3.00. The fraction of sp³-hybridized carbons (Fsp3) is 0.143. The van der Waals surface area contributed by atoms with Crippen molar-refractivity contribution in [2.45, 2.75) is 13.8 Å². The zero-order chi connectivity index (χ0) is 14.7. The van der Waals surface area contributed by atoms with Gasteiger partial charge in [-0.15, -0.1) is 0 Å². The van der Waals surface area contributed by atoms with Gasteiger partial charge in [0.25, 0.3) is 5.91 Å². The molecule has 0 saturated heterocycles. The third-order valence-electron chi connectivity index (χ3n) is 2.85. The Labute approximate surface area is 125 Å². The molecule has 1 aromatic heterocycles. The first kappa shape index (κ1) is 14.5. The highest BCUT2D eigenvalue weighted by Gasteiger charge is 2.10. The molecule has 0 aliphatic rings. The first-order chi connectivity index (χ1) is 9.51. The minimum atomic E-state index is -0.275. The molecule has 0 radical (unpaired) electrons. The van der Waals surface area contributed by atoms with E-state index in [0.717, 1.165) is 21.3 Å². The number of nitrogens with one attached hydrogen (secondary N) is 2. The molecule has 1 amide bonds. The molecule has 0 aliphatic heterocycles. The van der Waals surface area contributed by atoms with E-state index in [0.29, 0.717) is 11.4 Å². The van der Waals surface area contributed by atoms with Crippen molar-refractivity contribution >= 4 is 33.2 Å². The van der Waals surface area contributed by atoms with Crippen LogP contribution < -0.4 is 16.6 Å². The number of hydrogen-bond acceptors (Lipinski definition) is 4. The number of aromatic nitrogens is 1. The molecule has 6 heteroatoms. The molecule has 0 unspecified atom stereocenters. The minimum Gasteiger partial charge on any atom is -0.324 e. The Bertz CT molecular complexity index is 634. The van der Waals surface area contributed by atoms with Gasteiger partial charge in [-0.1, -0.05) is 15.9 Å². The average Bonchev–Trinajstić information content (AvgIpc) is 2.44. The summed E-state index contributed by atoms with van der Waals surface area (Å²) in [4.78, 5) is 16.2. The molecule has 1 heterocycles. The molecule has 20 heavy (non-hydrogen) atoms. The highest BCUT2D eigenvalue weighted by molar-refractivity contribution is 9.10. The van der Waals surface area contributed by atoms with E-state index >= 15 is 0 Å². The van der Waals surface area contributed by atoms with Crippen LogP contribution >= 0.6 is 15.9 Å². The summed E-state index contributed by atoms with van der Waals surface area (Å²) >= 11 is 3.50. The summed E-state index contributed by atoms with van der Waals surface area (Å²) in [5.41, 5.74) is 6.28. The SMILES string of the molecule is Cc1cc(NC(=O)c2cc(NN)ccn2)cc(C)c1Br. The number of aryl methyl sites for hydroxylation is 2. The van der Waals surface area contributed by atoms with Crippen molar-refractivity contribution in [1.29, 1.82) is 0 Å². The Morgan fingerprint density at radius 1 is 1.20 bits per heavy atom. The zero-order valence-electron chi connectivity index (χ0n) is 11.2. The summed E-state index contributed by atoms with van der Waals surface area (Å²) < 4.78 is 1.04. The topological polar surface area (TPSA) is 80.0 Å². The van der Waals surface area contributed by atoms with Crippen molar-refractivity contribution in [3.05, 3.63) is 51.8 Å². The van der Waals surface area contributed by atoms with Gasteiger partial charge in [0, 0.05) is 16.4 Å². The molecule has 0 spiro atoms. The van der Waals surface area contributed by atoms with Crippen LogP contribution in [-0.2, 0) is 0 Å². The molecule has 4 N–H and O–H groups in total. The zero-order valence-corrected chi connectivity index (χ0v) is 12.8. The second-order valence-electron chi connectivity index (χ2n) is 4.45. The van der Waals surface area contributed by atoms with Gasteiger partial charge in [0.1, 0.15) is 5.69 Å². The van der Waals surface area contributed by atoms with Gasteiger partial charge in [-0.05, 0) is 49.2 Å².